The molecule has 29 heavy (non-hydrogen) atoms. The van der Waals surface area contributed by atoms with Crippen LogP contribution in [0.1, 0.15) is 36.9 Å². The van der Waals surface area contributed by atoms with E-state index in [1.165, 1.54) is 41.3 Å². The molecule has 1 aliphatic rings. The average Bonchev–Trinajstić information content (AvgIpc) is 2.96. The van der Waals surface area contributed by atoms with Crippen LogP contribution < -0.4 is 0 Å². The molecule has 1 N–H and O–H groups in total. The second kappa shape index (κ2) is 8.22. The van der Waals surface area contributed by atoms with E-state index in [-0.39, 0.29) is 28.9 Å². The average molecular weight is 398 g/mol. The minimum absolute atomic E-state index is 0.00836. The zero-order valence-electron chi connectivity index (χ0n) is 15.7. The number of carbonyl (C=O) groups is 2. The van der Waals surface area contributed by atoms with Crippen LogP contribution in [0.15, 0.2) is 54.1 Å². The van der Waals surface area contributed by atoms with Gasteiger partial charge in [-0.25, -0.2) is 4.39 Å². The van der Waals surface area contributed by atoms with Crippen molar-refractivity contribution in [3.63, 3.8) is 0 Å². The van der Waals surface area contributed by atoms with E-state index in [4.69, 9.17) is 0 Å². The molecule has 7 nitrogen and oxygen atoms in total. The Kier molecular flexibility index (Phi) is 5.72. The molecule has 0 bridgehead atoms. The van der Waals surface area contributed by atoms with Crippen LogP contribution >= 0.6 is 0 Å². The molecule has 0 saturated carbocycles. The van der Waals surface area contributed by atoms with Crippen molar-refractivity contribution in [1.29, 1.82) is 0 Å². The first-order valence-electron chi connectivity index (χ1n) is 9.14. The first-order valence-corrected chi connectivity index (χ1v) is 9.14. The fourth-order valence-electron chi connectivity index (χ4n) is 3.38. The molecule has 2 aromatic rings. The molecule has 0 radical (unpaired) electrons. The number of ketones is 1. The highest BCUT2D eigenvalue weighted by Gasteiger charge is 2.46. The number of unbranched alkanes of at least 4 members (excludes halogenated alkanes) is 1. The van der Waals surface area contributed by atoms with Crippen molar-refractivity contribution in [1.82, 2.24) is 4.90 Å². The molecule has 150 valence electrons. The summed E-state index contributed by atoms with van der Waals surface area (Å²) in [5.74, 6) is -2.97. The number of hydrogen-bond acceptors (Lipinski definition) is 5. The molecular weight excluding hydrogens is 379 g/mol. The lowest BCUT2D eigenvalue weighted by Gasteiger charge is -2.25. The number of benzene rings is 2. The van der Waals surface area contributed by atoms with Gasteiger partial charge < -0.3 is 10.0 Å². The van der Waals surface area contributed by atoms with Crippen LogP contribution in [0.25, 0.3) is 5.76 Å². The second-order valence-corrected chi connectivity index (χ2v) is 6.67. The number of nitrogens with zero attached hydrogens (tertiary/aromatic N) is 2. The number of Topliss-reactive ketones (excluding diaryl/α,β-unsaturated/α-hetero) is 1. The van der Waals surface area contributed by atoms with Crippen LogP contribution in [-0.2, 0) is 9.59 Å². The summed E-state index contributed by atoms with van der Waals surface area (Å²) in [4.78, 5) is 37.0. The van der Waals surface area contributed by atoms with E-state index in [0.717, 1.165) is 12.5 Å². The van der Waals surface area contributed by atoms with E-state index in [0.29, 0.717) is 6.42 Å². The van der Waals surface area contributed by atoms with Gasteiger partial charge in [-0.3, -0.25) is 19.7 Å². The van der Waals surface area contributed by atoms with Crippen molar-refractivity contribution in [3.05, 3.63) is 81.2 Å². The van der Waals surface area contributed by atoms with Gasteiger partial charge in [-0.05, 0) is 12.5 Å². The molecule has 0 spiro atoms. The van der Waals surface area contributed by atoms with E-state index < -0.39 is 34.2 Å². The number of non-ortho nitro benzene ring substituents is 1. The molecule has 0 aliphatic carbocycles. The zero-order valence-corrected chi connectivity index (χ0v) is 15.7. The number of hydrogen-bond donors (Lipinski definition) is 1. The number of rotatable bonds is 6. The quantitative estimate of drug-likeness (QED) is 0.261. The van der Waals surface area contributed by atoms with E-state index in [1.54, 1.807) is 6.07 Å². The number of amides is 1. The summed E-state index contributed by atoms with van der Waals surface area (Å²) in [6, 6.07) is 9.70. The summed E-state index contributed by atoms with van der Waals surface area (Å²) in [7, 11) is 0. The fourth-order valence-corrected chi connectivity index (χ4v) is 3.38. The summed E-state index contributed by atoms with van der Waals surface area (Å²) in [5, 5.41) is 21.9. The van der Waals surface area contributed by atoms with Crippen LogP contribution in [0.5, 0.6) is 0 Å². The van der Waals surface area contributed by atoms with E-state index in [9.17, 15) is 29.2 Å². The van der Waals surface area contributed by atoms with Gasteiger partial charge in [0.05, 0.1) is 16.5 Å². The predicted molar refractivity (Wildman–Crippen MR) is 103 cm³/mol. The lowest BCUT2D eigenvalue weighted by Crippen LogP contribution is -2.31. The van der Waals surface area contributed by atoms with E-state index >= 15 is 0 Å². The number of nitro groups is 1. The molecule has 3 rings (SSSR count). The van der Waals surface area contributed by atoms with Gasteiger partial charge in [0.1, 0.15) is 11.6 Å². The second-order valence-electron chi connectivity index (χ2n) is 6.67. The third-order valence-corrected chi connectivity index (χ3v) is 4.82. The van der Waals surface area contributed by atoms with Crippen molar-refractivity contribution in [2.24, 2.45) is 0 Å². The van der Waals surface area contributed by atoms with Gasteiger partial charge in [-0.15, -0.1) is 0 Å². The van der Waals surface area contributed by atoms with Crippen molar-refractivity contribution < 1.29 is 24.0 Å². The zero-order chi connectivity index (χ0) is 21.1. The molecule has 8 heteroatoms. The van der Waals surface area contributed by atoms with Crippen LogP contribution in [0.2, 0.25) is 0 Å². The highest BCUT2D eigenvalue weighted by atomic mass is 19.1. The first kappa shape index (κ1) is 20.2. The Morgan fingerprint density at radius 3 is 2.59 bits per heavy atom. The molecular formula is C21H19FN2O5. The lowest BCUT2D eigenvalue weighted by atomic mass is 9.94. The topological polar surface area (TPSA) is 101 Å². The van der Waals surface area contributed by atoms with Gasteiger partial charge in [0, 0.05) is 29.8 Å². The largest absolute Gasteiger partial charge is 0.507 e. The molecule has 1 saturated heterocycles. The minimum atomic E-state index is -1.11. The predicted octanol–water partition coefficient (Wildman–Crippen LogP) is 3.96. The van der Waals surface area contributed by atoms with Crippen LogP contribution in [0.4, 0.5) is 10.1 Å². The molecule has 1 unspecified atom stereocenters. The highest BCUT2D eigenvalue weighted by Crippen LogP contribution is 2.40. The smallest absolute Gasteiger partial charge is 0.295 e. The molecule has 1 fully saturated rings. The number of nitro benzene ring substituents is 1. The molecule has 2 aromatic carbocycles. The van der Waals surface area contributed by atoms with Gasteiger partial charge in [0.2, 0.25) is 0 Å². The number of halogens is 1. The van der Waals surface area contributed by atoms with Gasteiger partial charge >= 0.3 is 0 Å². The van der Waals surface area contributed by atoms with Gasteiger partial charge in [-0.1, -0.05) is 43.7 Å². The molecule has 1 atom stereocenters. The van der Waals surface area contributed by atoms with E-state index in [1.807, 2.05) is 6.92 Å². The van der Waals surface area contributed by atoms with Gasteiger partial charge in [-0.2, -0.15) is 0 Å². The van der Waals surface area contributed by atoms with Gasteiger partial charge in [0.25, 0.3) is 17.4 Å². The standard InChI is InChI=1S/C21H19FN2O5/c1-2-3-11-23-18(15-9-4-5-10-16(15)22)17(20(26)21(23)27)19(25)13-7-6-8-14(12-13)24(28)29/h4-10,12,18,25H,2-3,11H2,1H3/b19-17+. The van der Waals surface area contributed by atoms with Crippen molar-refractivity contribution >= 4 is 23.1 Å². The number of likely N-dealkylation sites (tertiary alicyclic amines) is 1. The maximum Gasteiger partial charge on any atom is 0.295 e. The SMILES string of the molecule is CCCCN1C(=O)C(=O)/C(=C(/O)c2cccc([N+](=O)[O-])c2)C1c1ccccc1F. The van der Waals surface area contributed by atoms with Crippen LogP contribution in [-0.4, -0.2) is 33.2 Å². The van der Waals surface area contributed by atoms with Crippen molar-refractivity contribution in [2.75, 3.05) is 6.54 Å². The third kappa shape index (κ3) is 3.73. The summed E-state index contributed by atoms with van der Waals surface area (Å²) >= 11 is 0. The summed E-state index contributed by atoms with van der Waals surface area (Å²) in [6.07, 6.45) is 1.34. The maximum absolute atomic E-state index is 14.6. The Balaban J connectivity index is 2.20. The molecule has 0 aromatic heterocycles. The Bertz CT molecular complexity index is 1020. The number of aliphatic hydroxyl groups is 1. The van der Waals surface area contributed by atoms with Crippen LogP contribution in [0.3, 0.4) is 0 Å². The minimum Gasteiger partial charge on any atom is -0.507 e. The molecule has 1 aliphatic heterocycles. The maximum atomic E-state index is 14.6. The van der Waals surface area contributed by atoms with Crippen molar-refractivity contribution in [3.8, 4) is 0 Å². The molecule has 1 amide bonds. The van der Waals surface area contributed by atoms with Gasteiger partial charge in [0.15, 0.2) is 0 Å². The Hall–Kier alpha value is -3.55. The fraction of sp³-hybridized carbons (Fsp3) is 0.238. The highest BCUT2D eigenvalue weighted by molar-refractivity contribution is 6.46. The van der Waals surface area contributed by atoms with Crippen molar-refractivity contribution in [2.45, 2.75) is 25.8 Å². The lowest BCUT2D eigenvalue weighted by molar-refractivity contribution is -0.384. The Morgan fingerprint density at radius 1 is 1.21 bits per heavy atom. The Morgan fingerprint density at radius 2 is 1.93 bits per heavy atom. The summed E-state index contributed by atoms with van der Waals surface area (Å²) in [5.41, 5.74) is -0.475. The third-order valence-electron chi connectivity index (χ3n) is 4.82. The summed E-state index contributed by atoms with van der Waals surface area (Å²) < 4.78 is 14.6. The molecule has 1 heterocycles. The monoisotopic (exact) mass is 398 g/mol. The summed E-state index contributed by atoms with van der Waals surface area (Å²) in [6.45, 7) is 2.13. The normalized spacial score (nSPS) is 18.3. The van der Waals surface area contributed by atoms with Crippen LogP contribution in [0, 0.1) is 15.9 Å². The first-order chi connectivity index (χ1) is 13.9. The number of carbonyl (C=O) groups excluding carboxylic acids is 2. The van der Waals surface area contributed by atoms with E-state index in [2.05, 4.69) is 0 Å². The Labute approximate surface area is 166 Å². The number of aliphatic hydroxyl groups excluding tert-OH is 1.